The second-order valence-corrected chi connectivity index (χ2v) is 7.73. The summed E-state index contributed by atoms with van der Waals surface area (Å²) < 4.78 is 48.0. The van der Waals surface area contributed by atoms with Gasteiger partial charge in [0.05, 0.1) is 11.4 Å². The lowest BCUT2D eigenvalue weighted by Gasteiger charge is -2.23. The smallest absolute Gasteiger partial charge is 0.279 e. The number of benzene rings is 1. The fourth-order valence-electron chi connectivity index (χ4n) is 3.80. The highest BCUT2D eigenvalue weighted by Gasteiger charge is 2.24. The third-order valence-electron chi connectivity index (χ3n) is 5.42. The van der Waals surface area contributed by atoms with Crippen molar-refractivity contribution >= 4 is 17.2 Å². The van der Waals surface area contributed by atoms with Crippen LogP contribution >= 0.6 is 0 Å². The van der Waals surface area contributed by atoms with Crippen LogP contribution in [0.3, 0.4) is 0 Å². The summed E-state index contributed by atoms with van der Waals surface area (Å²) in [7, 11) is 1.62. The first-order valence-electron chi connectivity index (χ1n) is 10.2. The summed E-state index contributed by atoms with van der Waals surface area (Å²) in [5.74, 6) is -0.176. The molecule has 0 radical (unpaired) electrons. The van der Waals surface area contributed by atoms with Crippen LogP contribution in [-0.2, 0) is 13.5 Å². The standard InChI is InChI=1S/C23H20F3N7O/c1-11-15-6-13(24)3-4-17(15)31-14(7-16(28)22(25)26)8-19-21(18(9-27)32-33(19)2)12-5-20(34-11)23(29)30-10-12/h3-7,10-11,22,28,31H,8H2,1-2H3,(H2,29,30)/b14-7-,28-16?/t11-/m1/s1. The van der Waals surface area contributed by atoms with Crippen molar-refractivity contribution in [2.75, 3.05) is 11.1 Å². The summed E-state index contributed by atoms with van der Waals surface area (Å²) >= 11 is 0. The zero-order valence-corrected chi connectivity index (χ0v) is 18.2. The molecule has 2 aromatic heterocycles. The van der Waals surface area contributed by atoms with Crippen molar-refractivity contribution in [3.8, 4) is 22.9 Å². The second kappa shape index (κ2) is 8.90. The predicted octanol–water partition coefficient (Wildman–Crippen LogP) is 4.35. The minimum Gasteiger partial charge on any atom is -0.482 e. The highest BCUT2D eigenvalue weighted by atomic mass is 19.3. The van der Waals surface area contributed by atoms with Crippen molar-refractivity contribution in [2.24, 2.45) is 7.05 Å². The summed E-state index contributed by atoms with van der Waals surface area (Å²) in [5.41, 5.74) is 7.67. The molecule has 0 aliphatic carbocycles. The first-order chi connectivity index (χ1) is 16.2. The van der Waals surface area contributed by atoms with Crippen molar-refractivity contribution in [2.45, 2.75) is 25.9 Å². The van der Waals surface area contributed by atoms with Crippen LogP contribution in [0.25, 0.3) is 11.1 Å². The van der Waals surface area contributed by atoms with E-state index in [4.69, 9.17) is 15.9 Å². The molecule has 1 aliphatic rings. The molecular formula is C23H20F3N7O. The van der Waals surface area contributed by atoms with E-state index in [9.17, 15) is 18.4 Å². The normalized spacial score (nSPS) is 16.4. The van der Waals surface area contributed by atoms with Crippen LogP contribution in [0.2, 0.25) is 0 Å². The maximum Gasteiger partial charge on any atom is 0.279 e. The molecule has 0 unspecified atom stereocenters. The van der Waals surface area contributed by atoms with Crippen molar-refractivity contribution in [1.29, 1.82) is 10.7 Å². The second-order valence-electron chi connectivity index (χ2n) is 7.73. The number of anilines is 2. The average Bonchev–Trinajstić information content (AvgIpc) is 3.10. The minimum absolute atomic E-state index is 0.0153. The number of fused-ring (bicyclic) bond motifs is 5. The van der Waals surface area contributed by atoms with Gasteiger partial charge >= 0.3 is 0 Å². The van der Waals surface area contributed by atoms with Gasteiger partial charge in [0.15, 0.2) is 17.3 Å². The lowest BCUT2D eigenvalue weighted by atomic mass is 10.00. The molecule has 1 aliphatic heterocycles. The number of aromatic nitrogens is 3. The topological polar surface area (TPSA) is 126 Å². The number of allylic oxidation sites excluding steroid dienone is 2. The first-order valence-corrected chi connectivity index (χ1v) is 10.2. The first kappa shape index (κ1) is 22.8. The number of halogens is 3. The van der Waals surface area contributed by atoms with Crippen LogP contribution in [0.4, 0.5) is 24.7 Å². The number of ether oxygens (including phenoxy) is 1. The van der Waals surface area contributed by atoms with E-state index in [2.05, 4.69) is 15.4 Å². The van der Waals surface area contributed by atoms with Crippen LogP contribution in [-0.4, -0.2) is 26.9 Å². The Labute approximate surface area is 193 Å². The van der Waals surface area contributed by atoms with Gasteiger partial charge in [-0.25, -0.2) is 18.2 Å². The molecule has 11 heteroatoms. The summed E-state index contributed by atoms with van der Waals surface area (Å²) in [4.78, 5) is 4.18. The van der Waals surface area contributed by atoms with E-state index in [1.165, 1.54) is 29.1 Å². The van der Waals surface area contributed by atoms with E-state index in [0.717, 1.165) is 6.08 Å². The van der Waals surface area contributed by atoms with Gasteiger partial charge in [0.25, 0.3) is 6.43 Å². The molecule has 0 saturated heterocycles. The number of nitriles is 1. The number of nitrogens with two attached hydrogens (primary N) is 1. The summed E-state index contributed by atoms with van der Waals surface area (Å²) in [5, 5.41) is 24.6. The molecule has 174 valence electrons. The molecule has 0 amide bonds. The molecule has 4 rings (SSSR count). The van der Waals surface area contributed by atoms with Gasteiger partial charge in [-0.3, -0.25) is 10.1 Å². The largest absolute Gasteiger partial charge is 0.482 e. The lowest BCUT2D eigenvalue weighted by Crippen LogP contribution is -2.15. The molecule has 0 fully saturated rings. The van der Waals surface area contributed by atoms with Crippen LogP contribution in [0.1, 0.15) is 30.0 Å². The Bertz CT molecular complexity index is 1360. The average molecular weight is 467 g/mol. The van der Waals surface area contributed by atoms with Crippen LogP contribution in [0, 0.1) is 22.6 Å². The zero-order valence-electron chi connectivity index (χ0n) is 18.2. The van der Waals surface area contributed by atoms with E-state index in [1.54, 1.807) is 20.0 Å². The van der Waals surface area contributed by atoms with E-state index in [1.807, 2.05) is 6.07 Å². The maximum atomic E-state index is 14.1. The van der Waals surface area contributed by atoms with Crippen LogP contribution < -0.4 is 15.8 Å². The van der Waals surface area contributed by atoms with E-state index in [0.29, 0.717) is 28.1 Å². The number of nitrogens with one attached hydrogen (secondary N) is 2. The minimum atomic E-state index is -2.99. The molecule has 0 saturated carbocycles. The SMILES string of the molecule is C[C@H]1Oc2cc(cnc2N)-c2c(C#N)nn(C)c2C/C(=C/C(=N)C(F)F)Nc2ccc(F)cc21. The Morgan fingerprint density at radius 2 is 2.18 bits per heavy atom. The molecule has 4 N–H and O–H groups in total. The van der Waals surface area contributed by atoms with E-state index in [-0.39, 0.29) is 29.4 Å². The Kier molecular flexibility index (Phi) is 5.98. The zero-order chi connectivity index (χ0) is 24.6. The number of nitrogen functional groups attached to an aromatic ring is 1. The molecule has 3 heterocycles. The molecule has 3 aromatic rings. The predicted molar refractivity (Wildman–Crippen MR) is 120 cm³/mol. The number of alkyl halides is 2. The number of rotatable bonds is 2. The molecule has 1 atom stereocenters. The fraction of sp³-hybridized carbons (Fsp3) is 0.217. The Morgan fingerprint density at radius 3 is 2.88 bits per heavy atom. The quantitative estimate of drug-likeness (QED) is 0.481. The highest BCUT2D eigenvalue weighted by Crippen LogP contribution is 2.37. The number of pyridine rings is 1. The molecule has 8 nitrogen and oxygen atoms in total. The fourth-order valence-corrected chi connectivity index (χ4v) is 3.80. The van der Waals surface area contributed by atoms with Crippen molar-refractivity contribution < 1.29 is 17.9 Å². The van der Waals surface area contributed by atoms with Gasteiger partial charge in [0.1, 0.15) is 18.0 Å². The number of hydrogen-bond donors (Lipinski definition) is 3. The number of nitrogens with zero attached hydrogens (tertiary/aromatic N) is 4. The van der Waals surface area contributed by atoms with Gasteiger partial charge in [-0.2, -0.15) is 10.4 Å². The van der Waals surface area contributed by atoms with Crippen molar-refractivity contribution in [3.05, 3.63) is 65.0 Å². The van der Waals surface area contributed by atoms with Crippen LogP contribution in [0.5, 0.6) is 5.75 Å². The molecular weight excluding hydrogens is 447 g/mol. The van der Waals surface area contributed by atoms with Gasteiger partial charge in [-0.1, -0.05) is 0 Å². The summed E-state index contributed by atoms with van der Waals surface area (Å²) in [6.45, 7) is 1.68. The molecule has 0 spiro atoms. The van der Waals surface area contributed by atoms with Gasteiger partial charge < -0.3 is 15.8 Å². The Morgan fingerprint density at radius 1 is 1.41 bits per heavy atom. The van der Waals surface area contributed by atoms with Gasteiger partial charge in [0, 0.05) is 47.7 Å². The van der Waals surface area contributed by atoms with Gasteiger partial charge in [-0.15, -0.1) is 0 Å². The van der Waals surface area contributed by atoms with E-state index < -0.39 is 24.1 Å². The third-order valence-corrected chi connectivity index (χ3v) is 5.42. The Balaban J connectivity index is 1.99. The maximum absolute atomic E-state index is 14.1. The number of aryl methyl sites for hydroxylation is 1. The lowest BCUT2D eigenvalue weighted by molar-refractivity contribution is 0.225. The molecule has 1 aromatic carbocycles. The van der Waals surface area contributed by atoms with Gasteiger partial charge in [-0.05, 0) is 37.3 Å². The van der Waals surface area contributed by atoms with E-state index >= 15 is 0 Å². The summed E-state index contributed by atoms with van der Waals surface area (Å²) in [6, 6.07) is 7.60. The van der Waals surface area contributed by atoms with Crippen LogP contribution in [0.15, 0.2) is 42.2 Å². The Hall–Kier alpha value is -4.33. The third kappa shape index (κ3) is 4.30. The van der Waals surface area contributed by atoms with Gasteiger partial charge in [0.2, 0.25) is 0 Å². The highest BCUT2D eigenvalue weighted by molar-refractivity contribution is 5.96. The van der Waals surface area contributed by atoms with Crippen molar-refractivity contribution in [3.63, 3.8) is 0 Å². The van der Waals surface area contributed by atoms with Crippen molar-refractivity contribution in [1.82, 2.24) is 14.8 Å². The molecule has 34 heavy (non-hydrogen) atoms. The summed E-state index contributed by atoms with van der Waals surface area (Å²) in [6.07, 6.45) is -1.20. The number of hydrogen-bond acceptors (Lipinski definition) is 7. The molecule has 2 bridgehead atoms. The monoisotopic (exact) mass is 467 g/mol.